The molecule has 0 spiro atoms. The highest BCUT2D eigenvalue weighted by Crippen LogP contribution is 2.31. The number of aromatic nitrogens is 2. The van der Waals surface area contributed by atoms with Gasteiger partial charge < -0.3 is 19.9 Å². The largest absolute Gasteiger partial charge is 0.497 e. The Morgan fingerprint density at radius 2 is 2.05 bits per heavy atom. The van der Waals surface area contributed by atoms with Crippen molar-refractivity contribution in [3.05, 3.63) is 29.1 Å². The summed E-state index contributed by atoms with van der Waals surface area (Å²) in [6.45, 7) is 1.63. The van der Waals surface area contributed by atoms with Crippen LogP contribution in [0.1, 0.15) is 21.7 Å². The predicted octanol–water partition coefficient (Wildman–Crippen LogP) is 1.33. The normalized spacial score (nSPS) is 10.2. The zero-order chi connectivity index (χ0) is 15.4. The van der Waals surface area contributed by atoms with Gasteiger partial charge >= 0.3 is 5.97 Å². The third-order valence-corrected chi connectivity index (χ3v) is 2.88. The highest BCUT2D eigenvalue weighted by molar-refractivity contribution is 5.97. The molecule has 2 aromatic rings. The number of anilines is 1. The fourth-order valence-electron chi connectivity index (χ4n) is 1.65. The predicted molar refractivity (Wildman–Crippen MR) is 72.1 cm³/mol. The first kappa shape index (κ1) is 14.6. The van der Waals surface area contributed by atoms with E-state index >= 15 is 0 Å². The Balaban J connectivity index is 2.20. The lowest BCUT2D eigenvalue weighted by atomic mass is 10.1. The Hall–Kier alpha value is -2.77. The van der Waals surface area contributed by atoms with E-state index in [0.29, 0.717) is 22.9 Å². The van der Waals surface area contributed by atoms with E-state index in [4.69, 9.17) is 19.9 Å². The van der Waals surface area contributed by atoms with Crippen LogP contribution in [-0.2, 0) is 11.3 Å². The average Bonchev–Trinajstić information content (AvgIpc) is 2.90. The Bertz CT molecular complexity index is 653. The van der Waals surface area contributed by atoms with Crippen LogP contribution < -0.4 is 15.2 Å². The molecule has 0 fully saturated rings. The first-order valence-electron chi connectivity index (χ1n) is 6.03. The topological polar surface area (TPSA) is 110 Å². The Labute approximate surface area is 120 Å². The van der Waals surface area contributed by atoms with Gasteiger partial charge in [-0.2, -0.15) is 0 Å². The second kappa shape index (κ2) is 6.12. The Kier molecular flexibility index (Phi) is 4.27. The number of carbonyl (C=O) groups is 1. The van der Waals surface area contributed by atoms with Gasteiger partial charge in [-0.25, -0.2) is 9.42 Å². The fourth-order valence-corrected chi connectivity index (χ4v) is 1.65. The van der Waals surface area contributed by atoms with E-state index in [0.717, 1.165) is 0 Å². The summed E-state index contributed by atoms with van der Waals surface area (Å²) < 4.78 is 19.9. The third-order valence-electron chi connectivity index (χ3n) is 2.88. The van der Waals surface area contributed by atoms with E-state index in [1.54, 1.807) is 13.0 Å². The van der Waals surface area contributed by atoms with E-state index in [1.165, 1.54) is 20.3 Å². The molecule has 0 amide bonds. The smallest absolute Gasteiger partial charge is 0.340 e. The van der Waals surface area contributed by atoms with Crippen molar-refractivity contribution in [3.8, 4) is 11.5 Å². The molecular weight excluding hydrogens is 278 g/mol. The second-order valence-corrected chi connectivity index (χ2v) is 4.16. The summed E-state index contributed by atoms with van der Waals surface area (Å²) in [6, 6.07) is 3.06. The molecule has 0 aliphatic carbocycles. The average molecular weight is 293 g/mol. The number of aryl methyl sites for hydroxylation is 1. The van der Waals surface area contributed by atoms with Gasteiger partial charge in [0.25, 0.3) is 0 Å². The Morgan fingerprint density at radius 3 is 2.62 bits per heavy atom. The fraction of sp³-hybridized carbons (Fsp3) is 0.308. The van der Waals surface area contributed by atoms with Crippen molar-refractivity contribution in [3.63, 3.8) is 0 Å². The van der Waals surface area contributed by atoms with Crippen LogP contribution in [0.4, 0.5) is 5.69 Å². The number of esters is 1. The van der Waals surface area contributed by atoms with Crippen molar-refractivity contribution in [2.45, 2.75) is 13.5 Å². The molecule has 8 nitrogen and oxygen atoms in total. The van der Waals surface area contributed by atoms with Crippen molar-refractivity contribution in [1.82, 2.24) is 10.3 Å². The minimum absolute atomic E-state index is 0.0624. The van der Waals surface area contributed by atoms with Gasteiger partial charge in [0.2, 0.25) is 0 Å². The molecule has 0 atom stereocenters. The maximum absolute atomic E-state index is 12.1. The summed E-state index contributed by atoms with van der Waals surface area (Å²) in [7, 11) is 2.93. The number of hydrogen-bond donors (Lipinski definition) is 1. The molecule has 0 unspecified atom stereocenters. The van der Waals surface area contributed by atoms with Crippen LogP contribution in [0, 0.1) is 6.92 Å². The third kappa shape index (κ3) is 3.04. The SMILES string of the molecule is COc1cc(OC)c(N)c(C(=O)OCc2nonc2C)c1. The maximum atomic E-state index is 12.1. The number of nitrogens with zero attached hydrogens (tertiary/aromatic N) is 2. The Morgan fingerprint density at radius 1 is 1.29 bits per heavy atom. The van der Waals surface area contributed by atoms with Crippen LogP contribution in [0.25, 0.3) is 0 Å². The molecule has 0 aliphatic rings. The highest BCUT2D eigenvalue weighted by atomic mass is 16.6. The zero-order valence-corrected chi connectivity index (χ0v) is 11.9. The zero-order valence-electron chi connectivity index (χ0n) is 11.9. The molecule has 0 saturated carbocycles. The summed E-state index contributed by atoms with van der Waals surface area (Å²) in [5.41, 5.74) is 7.20. The molecule has 0 saturated heterocycles. The van der Waals surface area contributed by atoms with Crippen LogP contribution in [0.15, 0.2) is 16.8 Å². The molecular formula is C13H15N3O5. The summed E-state index contributed by atoms with van der Waals surface area (Å²) in [5, 5.41) is 7.22. The molecule has 1 heterocycles. The highest BCUT2D eigenvalue weighted by Gasteiger charge is 2.18. The van der Waals surface area contributed by atoms with E-state index in [9.17, 15) is 4.79 Å². The molecule has 8 heteroatoms. The maximum Gasteiger partial charge on any atom is 0.340 e. The van der Waals surface area contributed by atoms with Crippen molar-refractivity contribution in [2.24, 2.45) is 0 Å². The van der Waals surface area contributed by atoms with E-state index in [1.807, 2.05) is 0 Å². The number of rotatable bonds is 5. The number of nitrogens with two attached hydrogens (primary N) is 1. The van der Waals surface area contributed by atoms with Crippen LogP contribution in [0.2, 0.25) is 0 Å². The van der Waals surface area contributed by atoms with Crippen LogP contribution >= 0.6 is 0 Å². The molecule has 21 heavy (non-hydrogen) atoms. The van der Waals surface area contributed by atoms with E-state index < -0.39 is 5.97 Å². The van der Waals surface area contributed by atoms with Gasteiger partial charge in [0, 0.05) is 6.07 Å². The van der Waals surface area contributed by atoms with Gasteiger partial charge in [-0.05, 0) is 13.0 Å². The summed E-state index contributed by atoms with van der Waals surface area (Å²) in [5.74, 6) is 0.153. The number of benzene rings is 1. The van der Waals surface area contributed by atoms with Crippen molar-refractivity contribution in [1.29, 1.82) is 0 Å². The molecule has 2 N–H and O–H groups in total. The summed E-state index contributed by atoms with van der Waals surface area (Å²) >= 11 is 0. The van der Waals surface area contributed by atoms with Crippen molar-refractivity contribution in [2.75, 3.05) is 20.0 Å². The number of ether oxygens (including phenoxy) is 3. The number of hydrogen-bond acceptors (Lipinski definition) is 8. The minimum atomic E-state index is -0.618. The summed E-state index contributed by atoms with van der Waals surface area (Å²) in [6.07, 6.45) is 0. The number of carbonyl (C=O) groups excluding carboxylic acids is 1. The van der Waals surface area contributed by atoms with Gasteiger partial charge in [0.15, 0.2) is 0 Å². The van der Waals surface area contributed by atoms with Gasteiger partial charge in [-0.15, -0.1) is 0 Å². The summed E-state index contributed by atoms with van der Waals surface area (Å²) in [4.78, 5) is 12.1. The van der Waals surface area contributed by atoms with E-state index in [2.05, 4.69) is 14.9 Å². The van der Waals surface area contributed by atoms with Crippen LogP contribution in [0.5, 0.6) is 11.5 Å². The quantitative estimate of drug-likeness (QED) is 0.649. The van der Waals surface area contributed by atoms with Crippen molar-refractivity contribution >= 4 is 11.7 Å². The molecule has 1 aromatic carbocycles. The minimum Gasteiger partial charge on any atom is -0.497 e. The molecule has 2 rings (SSSR count). The molecule has 0 radical (unpaired) electrons. The number of methoxy groups -OCH3 is 2. The molecule has 1 aromatic heterocycles. The lowest BCUT2D eigenvalue weighted by Gasteiger charge is -2.12. The first-order valence-corrected chi connectivity index (χ1v) is 6.03. The molecule has 112 valence electrons. The molecule has 0 bridgehead atoms. The monoisotopic (exact) mass is 293 g/mol. The standard InChI is InChI=1S/C13H15N3O5/c1-7-10(16-21-15-7)6-20-13(17)9-4-8(18-2)5-11(19-3)12(9)14/h4-5H,6,14H2,1-3H3. The van der Waals surface area contributed by atoms with Gasteiger partial charge in [-0.3, -0.25) is 0 Å². The van der Waals surface area contributed by atoms with Crippen molar-refractivity contribution < 1.29 is 23.6 Å². The van der Waals surface area contributed by atoms with Gasteiger partial charge in [0.1, 0.15) is 29.5 Å². The van der Waals surface area contributed by atoms with Crippen LogP contribution in [0.3, 0.4) is 0 Å². The first-order chi connectivity index (χ1) is 10.1. The lowest BCUT2D eigenvalue weighted by molar-refractivity contribution is 0.0464. The van der Waals surface area contributed by atoms with Gasteiger partial charge in [0.05, 0.1) is 25.5 Å². The van der Waals surface area contributed by atoms with Crippen LogP contribution in [-0.4, -0.2) is 30.5 Å². The molecule has 0 aliphatic heterocycles. The van der Waals surface area contributed by atoms with E-state index in [-0.39, 0.29) is 17.9 Å². The second-order valence-electron chi connectivity index (χ2n) is 4.16. The van der Waals surface area contributed by atoms with Gasteiger partial charge in [-0.1, -0.05) is 10.3 Å². The number of nitrogen functional groups attached to an aromatic ring is 1. The lowest BCUT2D eigenvalue weighted by Crippen LogP contribution is -2.10.